The van der Waals surface area contributed by atoms with Gasteiger partial charge in [-0.15, -0.1) is 0 Å². The number of halogens is 1. The van der Waals surface area contributed by atoms with Crippen LogP contribution in [0.4, 0.5) is 0 Å². The molecule has 0 radical (unpaired) electrons. The molecule has 1 aromatic rings. The lowest BCUT2D eigenvalue weighted by Gasteiger charge is -2.39. The molecule has 1 aliphatic carbocycles. The van der Waals surface area contributed by atoms with Crippen molar-refractivity contribution in [2.75, 3.05) is 19.6 Å². The number of piperazine rings is 1. The van der Waals surface area contributed by atoms with Gasteiger partial charge in [0, 0.05) is 29.6 Å². The van der Waals surface area contributed by atoms with E-state index in [9.17, 15) is 23.1 Å². The van der Waals surface area contributed by atoms with E-state index in [4.69, 9.17) is 0 Å². The lowest BCUT2D eigenvalue weighted by molar-refractivity contribution is -0.146. The number of carboxylic acid groups (broad SMARTS) is 1. The van der Waals surface area contributed by atoms with E-state index in [1.165, 1.54) is 23.5 Å². The highest BCUT2D eigenvalue weighted by molar-refractivity contribution is 14.1. The molecule has 28 heavy (non-hydrogen) atoms. The predicted octanol–water partition coefficient (Wildman–Crippen LogP) is 2.55. The van der Waals surface area contributed by atoms with Crippen molar-refractivity contribution in [3.8, 4) is 0 Å². The molecular formula is C19H25IN2O5S. The second-order valence-corrected chi connectivity index (χ2v) is 10.6. The fraction of sp³-hybridized carbons (Fsp3) is 0.579. The maximum Gasteiger partial charge on any atom is 0.323 e. The molecule has 1 unspecified atom stereocenters. The van der Waals surface area contributed by atoms with Crippen molar-refractivity contribution in [1.29, 1.82) is 0 Å². The zero-order valence-electron chi connectivity index (χ0n) is 15.6. The normalized spacial score (nSPS) is 22.2. The number of amides is 1. The van der Waals surface area contributed by atoms with Gasteiger partial charge in [0.05, 0.1) is 4.90 Å². The third-order valence-corrected chi connectivity index (χ3v) is 8.22. The Morgan fingerprint density at radius 1 is 1.07 bits per heavy atom. The molecule has 9 heteroatoms. The number of rotatable bonds is 5. The molecule has 0 aromatic heterocycles. The van der Waals surface area contributed by atoms with Crippen molar-refractivity contribution < 1.29 is 23.1 Å². The second kappa shape index (κ2) is 9.08. The van der Waals surface area contributed by atoms with Gasteiger partial charge in [0.15, 0.2) is 0 Å². The highest BCUT2D eigenvalue weighted by atomic mass is 127. The van der Waals surface area contributed by atoms with Crippen molar-refractivity contribution in [3.63, 3.8) is 0 Å². The lowest BCUT2D eigenvalue weighted by Crippen LogP contribution is -2.59. The number of sulfonamides is 1. The van der Waals surface area contributed by atoms with Crippen LogP contribution in [0.2, 0.25) is 0 Å². The quantitative estimate of drug-likeness (QED) is 0.603. The number of nitrogens with zero attached hydrogens (tertiary/aromatic N) is 2. The fourth-order valence-electron chi connectivity index (χ4n) is 3.99. The topological polar surface area (TPSA) is 95.0 Å². The Morgan fingerprint density at radius 2 is 1.71 bits per heavy atom. The summed E-state index contributed by atoms with van der Waals surface area (Å²) in [7, 11) is -3.94. The van der Waals surface area contributed by atoms with Gasteiger partial charge in [-0.3, -0.25) is 9.59 Å². The maximum atomic E-state index is 13.0. The summed E-state index contributed by atoms with van der Waals surface area (Å²) in [5.74, 6) is -0.938. The van der Waals surface area contributed by atoms with E-state index in [-0.39, 0.29) is 30.4 Å². The number of carbonyl (C=O) groups is 2. The monoisotopic (exact) mass is 520 g/mol. The van der Waals surface area contributed by atoms with Gasteiger partial charge in [0.2, 0.25) is 15.9 Å². The molecule has 154 valence electrons. The average Bonchev–Trinajstić information content (AvgIpc) is 2.68. The molecular weight excluding hydrogens is 495 g/mol. The standard InChI is InChI=1S/C19H25IN2O5S/c20-15-6-8-16(9-7-15)28(26,27)22-11-10-21(13-17(22)19(24)25)18(23)12-14-4-2-1-3-5-14/h6-9,14,17H,1-5,10-13H2,(H,24,25). The van der Waals surface area contributed by atoms with Gasteiger partial charge in [-0.05, 0) is 65.6 Å². The molecule has 2 fully saturated rings. The number of aliphatic carboxylic acids is 1. The van der Waals surface area contributed by atoms with Crippen molar-refractivity contribution >= 4 is 44.5 Å². The van der Waals surface area contributed by atoms with Crippen LogP contribution in [0.3, 0.4) is 0 Å². The van der Waals surface area contributed by atoms with E-state index in [1.54, 1.807) is 12.1 Å². The number of carboxylic acids is 1. The van der Waals surface area contributed by atoms with Crippen molar-refractivity contribution in [3.05, 3.63) is 27.8 Å². The van der Waals surface area contributed by atoms with Gasteiger partial charge < -0.3 is 10.0 Å². The summed E-state index contributed by atoms with van der Waals surface area (Å²) in [5, 5.41) is 9.64. The highest BCUT2D eigenvalue weighted by Gasteiger charge is 2.41. The van der Waals surface area contributed by atoms with Crippen molar-refractivity contribution in [2.24, 2.45) is 5.92 Å². The Hall–Kier alpha value is -1.20. The van der Waals surface area contributed by atoms with Crippen molar-refractivity contribution in [1.82, 2.24) is 9.21 Å². The Labute approximate surface area is 179 Å². The molecule has 7 nitrogen and oxygen atoms in total. The summed E-state index contributed by atoms with van der Waals surface area (Å²) in [4.78, 5) is 26.1. The molecule has 1 atom stereocenters. The Morgan fingerprint density at radius 3 is 2.32 bits per heavy atom. The zero-order chi connectivity index (χ0) is 20.3. The van der Waals surface area contributed by atoms with Crippen LogP contribution < -0.4 is 0 Å². The first-order valence-corrected chi connectivity index (χ1v) is 12.1. The van der Waals surface area contributed by atoms with E-state index in [0.29, 0.717) is 12.3 Å². The number of carbonyl (C=O) groups excluding carboxylic acids is 1. The molecule has 1 amide bonds. The Kier molecular flexibility index (Phi) is 6.98. The molecule has 1 saturated heterocycles. The molecule has 0 spiro atoms. The summed E-state index contributed by atoms with van der Waals surface area (Å²) >= 11 is 2.08. The molecule has 3 rings (SSSR count). The van der Waals surface area contributed by atoms with E-state index < -0.39 is 22.0 Å². The van der Waals surface area contributed by atoms with Gasteiger partial charge in [-0.25, -0.2) is 8.42 Å². The minimum absolute atomic E-state index is 0.0122. The number of hydrogen-bond acceptors (Lipinski definition) is 4. The van der Waals surface area contributed by atoms with Gasteiger partial charge in [0.1, 0.15) is 6.04 Å². The van der Waals surface area contributed by atoms with E-state index in [1.807, 2.05) is 0 Å². The zero-order valence-corrected chi connectivity index (χ0v) is 18.6. The first-order valence-electron chi connectivity index (χ1n) is 9.57. The first kappa shape index (κ1) is 21.5. The van der Waals surface area contributed by atoms with Crippen LogP contribution in [0.25, 0.3) is 0 Å². The van der Waals surface area contributed by atoms with E-state index in [2.05, 4.69) is 22.6 Å². The SMILES string of the molecule is O=C(O)C1CN(C(=O)CC2CCCCC2)CCN1S(=O)(=O)c1ccc(I)cc1. The lowest BCUT2D eigenvalue weighted by atomic mass is 9.86. The average molecular weight is 520 g/mol. The van der Waals surface area contributed by atoms with Crippen LogP contribution in [0, 0.1) is 9.49 Å². The molecule has 1 aromatic carbocycles. The van der Waals surface area contributed by atoms with Gasteiger partial charge in [-0.1, -0.05) is 19.3 Å². The largest absolute Gasteiger partial charge is 0.480 e. The molecule has 1 saturated carbocycles. The van der Waals surface area contributed by atoms with E-state index >= 15 is 0 Å². The van der Waals surface area contributed by atoms with Crippen LogP contribution in [0.5, 0.6) is 0 Å². The molecule has 2 aliphatic rings. The van der Waals surface area contributed by atoms with E-state index in [0.717, 1.165) is 33.6 Å². The summed E-state index contributed by atoms with van der Waals surface area (Å²) in [5.41, 5.74) is 0. The van der Waals surface area contributed by atoms with Crippen LogP contribution in [0.15, 0.2) is 29.2 Å². The number of benzene rings is 1. The smallest absolute Gasteiger partial charge is 0.323 e. The summed E-state index contributed by atoms with van der Waals surface area (Å²) in [6, 6.07) is 5.04. The Balaban J connectivity index is 1.72. The second-order valence-electron chi connectivity index (χ2n) is 7.47. The van der Waals surface area contributed by atoms with Crippen LogP contribution in [-0.4, -0.2) is 60.3 Å². The highest BCUT2D eigenvalue weighted by Crippen LogP contribution is 2.28. The molecule has 1 N–H and O–H groups in total. The molecule has 1 heterocycles. The third kappa shape index (κ3) is 4.85. The summed E-state index contributed by atoms with van der Waals surface area (Å²) in [6.07, 6.45) is 5.98. The van der Waals surface area contributed by atoms with Gasteiger partial charge in [-0.2, -0.15) is 4.31 Å². The fourth-order valence-corrected chi connectivity index (χ4v) is 5.92. The molecule has 0 bridgehead atoms. The predicted molar refractivity (Wildman–Crippen MR) is 112 cm³/mol. The maximum absolute atomic E-state index is 13.0. The van der Waals surface area contributed by atoms with Crippen LogP contribution in [0.1, 0.15) is 38.5 Å². The van der Waals surface area contributed by atoms with Crippen LogP contribution in [-0.2, 0) is 19.6 Å². The minimum atomic E-state index is -3.94. The molecule has 1 aliphatic heterocycles. The van der Waals surface area contributed by atoms with Gasteiger partial charge in [0.25, 0.3) is 0 Å². The van der Waals surface area contributed by atoms with Crippen LogP contribution >= 0.6 is 22.6 Å². The Bertz CT molecular complexity index is 821. The summed E-state index contributed by atoms with van der Waals surface area (Å²) in [6.45, 7) is 0.102. The van der Waals surface area contributed by atoms with Gasteiger partial charge >= 0.3 is 5.97 Å². The first-order chi connectivity index (χ1) is 13.3. The number of hydrogen-bond donors (Lipinski definition) is 1. The van der Waals surface area contributed by atoms with Crippen molar-refractivity contribution in [2.45, 2.75) is 49.5 Å². The minimum Gasteiger partial charge on any atom is -0.480 e. The third-order valence-electron chi connectivity index (χ3n) is 5.58. The summed E-state index contributed by atoms with van der Waals surface area (Å²) < 4.78 is 27.8.